The molecule has 0 aromatic carbocycles. The van der Waals surface area contributed by atoms with Crippen LogP contribution in [-0.2, 0) is 11.3 Å². The molecule has 17 heavy (non-hydrogen) atoms. The number of hydrogen-bond donors (Lipinski definition) is 2. The van der Waals surface area contributed by atoms with E-state index < -0.39 is 0 Å². The second-order valence-corrected chi connectivity index (χ2v) is 5.19. The van der Waals surface area contributed by atoms with E-state index in [4.69, 9.17) is 4.74 Å². The van der Waals surface area contributed by atoms with Crippen molar-refractivity contribution in [1.29, 1.82) is 0 Å². The van der Waals surface area contributed by atoms with E-state index in [-0.39, 0.29) is 0 Å². The van der Waals surface area contributed by atoms with Gasteiger partial charge in [0.05, 0.1) is 5.69 Å². The summed E-state index contributed by atoms with van der Waals surface area (Å²) in [4.78, 5) is 0. The lowest BCUT2D eigenvalue weighted by Gasteiger charge is -2.22. The van der Waals surface area contributed by atoms with Crippen LogP contribution in [0.5, 0.6) is 0 Å². The fourth-order valence-corrected chi connectivity index (χ4v) is 2.77. The van der Waals surface area contributed by atoms with Crippen molar-refractivity contribution in [3.63, 3.8) is 0 Å². The lowest BCUT2D eigenvalue weighted by atomic mass is 9.92. The minimum Gasteiger partial charge on any atom is -0.381 e. The van der Waals surface area contributed by atoms with E-state index in [0.717, 1.165) is 38.5 Å². The molecule has 0 spiro atoms. The molecule has 2 fully saturated rings. The van der Waals surface area contributed by atoms with Crippen molar-refractivity contribution in [2.45, 2.75) is 44.1 Å². The Hall–Kier alpha value is -0.870. The van der Waals surface area contributed by atoms with Crippen molar-refractivity contribution in [3.8, 4) is 0 Å². The molecule has 3 rings (SSSR count). The molecule has 0 radical (unpaired) electrons. The zero-order valence-corrected chi connectivity index (χ0v) is 10.5. The predicted octanol–water partition coefficient (Wildman–Crippen LogP) is 1.90. The van der Waals surface area contributed by atoms with Crippen LogP contribution in [0.25, 0.3) is 0 Å². The molecule has 0 atom stereocenters. The quantitative estimate of drug-likeness (QED) is 0.838. The van der Waals surface area contributed by atoms with Crippen LogP contribution >= 0.6 is 0 Å². The maximum Gasteiger partial charge on any atom is 0.0700 e. The third kappa shape index (κ3) is 2.24. The molecule has 2 heterocycles. The highest BCUT2D eigenvalue weighted by atomic mass is 16.5. The highest BCUT2D eigenvalue weighted by molar-refractivity contribution is 5.33. The molecule has 4 nitrogen and oxygen atoms in total. The number of hydrogen-bond acceptors (Lipinski definition) is 3. The summed E-state index contributed by atoms with van der Waals surface area (Å²) >= 11 is 0. The number of aromatic nitrogens is 2. The van der Waals surface area contributed by atoms with E-state index in [0.29, 0.717) is 5.92 Å². The summed E-state index contributed by atoms with van der Waals surface area (Å²) in [6.45, 7) is 2.72. The second kappa shape index (κ2) is 4.78. The van der Waals surface area contributed by atoms with Gasteiger partial charge in [0.15, 0.2) is 0 Å². The molecule has 2 aliphatic rings. The normalized spacial score (nSPS) is 21.9. The van der Waals surface area contributed by atoms with Crippen molar-refractivity contribution in [3.05, 3.63) is 17.0 Å². The topological polar surface area (TPSA) is 49.9 Å². The van der Waals surface area contributed by atoms with Gasteiger partial charge in [0.1, 0.15) is 0 Å². The van der Waals surface area contributed by atoms with Gasteiger partial charge in [0.25, 0.3) is 0 Å². The molecule has 0 bridgehead atoms. The fraction of sp³-hybridized carbons (Fsp3) is 0.769. The Labute approximate surface area is 102 Å². The molecule has 1 saturated carbocycles. The van der Waals surface area contributed by atoms with Crippen LogP contribution in [0.15, 0.2) is 0 Å². The molecule has 4 heteroatoms. The average molecular weight is 235 g/mol. The minimum atomic E-state index is 0.618. The standard InChI is InChI=1S/C13H21N3O/c1-14-8-11-12(9-2-3-9)15-16-13(11)10-4-6-17-7-5-10/h9-10,14H,2-8H2,1H3,(H,15,16). The van der Waals surface area contributed by atoms with Crippen LogP contribution in [0.1, 0.15) is 54.5 Å². The van der Waals surface area contributed by atoms with Crippen LogP contribution in [0.2, 0.25) is 0 Å². The van der Waals surface area contributed by atoms with Gasteiger partial charge in [-0.3, -0.25) is 5.10 Å². The first kappa shape index (κ1) is 11.2. The summed E-state index contributed by atoms with van der Waals surface area (Å²) in [5, 5.41) is 11.2. The molecule has 2 N–H and O–H groups in total. The van der Waals surface area contributed by atoms with E-state index in [1.54, 1.807) is 0 Å². The molecule has 1 aromatic heterocycles. The highest BCUT2D eigenvalue weighted by Crippen LogP contribution is 2.42. The third-order valence-electron chi connectivity index (χ3n) is 3.88. The SMILES string of the molecule is CNCc1c(C2CC2)n[nH]c1C1CCOCC1. The van der Waals surface area contributed by atoms with Gasteiger partial charge in [-0.1, -0.05) is 0 Å². The number of nitrogens with one attached hydrogen (secondary N) is 2. The first-order valence-electron chi connectivity index (χ1n) is 6.69. The Morgan fingerprint density at radius 3 is 2.65 bits per heavy atom. The first-order valence-corrected chi connectivity index (χ1v) is 6.69. The largest absolute Gasteiger partial charge is 0.381 e. The molecular formula is C13H21N3O. The van der Waals surface area contributed by atoms with Crippen molar-refractivity contribution in [1.82, 2.24) is 15.5 Å². The molecular weight excluding hydrogens is 214 g/mol. The summed E-state index contributed by atoms with van der Waals surface area (Å²) in [7, 11) is 2.01. The van der Waals surface area contributed by atoms with Crippen LogP contribution in [-0.4, -0.2) is 30.5 Å². The smallest absolute Gasteiger partial charge is 0.0700 e. The van der Waals surface area contributed by atoms with Crippen LogP contribution < -0.4 is 5.32 Å². The summed E-state index contributed by atoms with van der Waals surface area (Å²) < 4.78 is 5.44. The molecule has 1 aromatic rings. The molecule has 94 valence electrons. The molecule has 1 aliphatic heterocycles. The molecule has 0 amide bonds. The summed E-state index contributed by atoms with van der Waals surface area (Å²) in [6.07, 6.45) is 4.88. The van der Waals surface area contributed by atoms with E-state index in [2.05, 4.69) is 15.5 Å². The van der Waals surface area contributed by atoms with Crippen molar-refractivity contribution < 1.29 is 4.74 Å². The van der Waals surface area contributed by atoms with Crippen LogP contribution in [0.3, 0.4) is 0 Å². The minimum absolute atomic E-state index is 0.618. The molecule has 0 unspecified atom stereocenters. The summed E-state index contributed by atoms with van der Waals surface area (Å²) in [5.41, 5.74) is 4.12. The maximum atomic E-state index is 5.44. The average Bonchev–Trinajstić information content (AvgIpc) is 3.13. The number of rotatable bonds is 4. The lowest BCUT2D eigenvalue weighted by molar-refractivity contribution is 0.0843. The molecule has 1 saturated heterocycles. The van der Waals surface area contributed by atoms with Gasteiger partial charge in [-0.25, -0.2) is 0 Å². The van der Waals surface area contributed by atoms with Gasteiger partial charge in [-0.2, -0.15) is 5.10 Å². The van der Waals surface area contributed by atoms with Gasteiger partial charge < -0.3 is 10.1 Å². The van der Waals surface area contributed by atoms with Gasteiger partial charge in [-0.05, 0) is 32.7 Å². The maximum absolute atomic E-state index is 5.44. The van der Waals surface area contributed by atoms with Crippen molar-refractivity contribution in [2.75, 3.05) is 20.3 Å². The van der Waals surface area contributed by atoms with Crippen LogP contribution in [0, 0.1) is 0 Å². The monoisotopic (exact) mass is 235 g/mol. The van der Waals surface area contributed by atoms with Crippen LogP contribution in [0.4, 0.5) is 0 Å². The zero-order chi connectivity index (χ0) is 11.7. The fourth-order valence-electron chi connectivity index (χ4n) is 2.77. The van der Waals surface area contributed by atoms with Crippen molar-refractivity contribution >= 4 is 0 Å². The molecule has 1 aliphatic carbocycles. The number of H-pyrrole nitrogens is 1. The third-order valence-corrected chi connectivity index (χ3v) is 3.88. The van der Waals surface area contributed by atoms with Gasteiger partial charge in [-0.15, -0.1) is 0 Å². The van der Waals surface area contributed by atoms with E-state index in [1.807, 2.05) is 7.05 Å². The zero-order valence-electron chi connectivity index (χ0n) is 10.5. The Bertz CT molecular complexity index is 378. The highest BCUT2D eigenvalue weighted by Gasteiger charge is 2.31. The van der Waals surface area contributed by atoms with Gasteiger partial charge in [0.2, 0.25) is 0 Å². The van der Waals surface area contributed by atoms with Gasteiger partial charge >= 0.3 is 0 Å². The van der Waals surface area contributed by atoms with E-state index in [1.165, 1.54) is 29.8 Å². The summed E-state index contributed by atoms with van der Waals surface area (Å²) in [5.74, 6) is 1.34. The Balaban J connectivity index is 1.86. The Morgan fingerprint density at radius 1 is 1.24 bits per heavy atom. The lowest BCUT2D eigenvalue weighted by Crippen LogP contribution is -2.17. The van der Waals surface area contributed by atoms with E-state index in [9.17, 15) is 0 Å². The second-order valence-electron chi connectivity index (χ2n) is 5.19. The first-order chi connectivity index (χ1) is 8.40. The number of aromatic amines is 1. The number of ether oxygens (including phenoxy) is 1. The van der Waals surface area contributed by atoms with E-state index >= 15 is 0 Å². The van der Waals surface area contributed by atoms with Crippen molar-refractivity contribution in [2.24, 2.45) is 0 Å². The summed E-state index contributed by atoms with van der Waals surface area (Å²) in [6, 6.07) is 0. The Morgan fingerprint density at radius 2 is 2.00 bits per heavy atom. The van der Waals surface area contributed by atoms with Gasteiger partial charge in [0, 0.05) is 42.9 Å². The Kier molecular flexibility index (Phi) is 3.16. The number of nitrogens with zero attached hydrogens (tertiary/aromatic N) is 1. The predicted molar refractivity (Wildman–Crippen MR) is 66.1 cm³/mol.